The number of nitrogens with one attached hydrogen (secondary N) is 1. The monoisotopic (exact) mass is 393 g/mol. The molecule has 0 aliphatic carbocycles. The molecule has 0 aliphatic heterocycles. The Labute approximate surface area is 157 Å². The van der Waals surface area contributed by atoms with Crippen LogP contribution < -0.4 is 5.32 Å². The van der Waals surface area contributed by atoms with Crippen molar-refractivity contribution in [1.82, 2.24) is 9.99 Å². The second-order valence-corrected chi connectivity index (χ2v) is 7.48. The number of carbonyl (C=O) groups excluding carboxylic acids is 1. The zero-order valence-corrected chi connectivity index (χ0v) is 17.0. The van der Waals surface area contributed by atoms with Gasteiger partial charge in [0.15, 0.2) is 0 Å². The van der Waals surface area contributed by atoms with Crippen molar-refractivity contribution in [3.8, 4) is 6.07 Å². The maximum atomic E-state index is 10.2. The lowest BCUT2D eigenvalue weighted by Gasteiger charge is -2.37. The number of hydrogen-bond acceptors (Lipinski definition) is 8. The summed E-state index contributed by atoms with van der Waals surface area (Å²) in [7, 11) is -1.44. The molecule has 0 aromatic carbocycles. The fourth-order valence-electron chi connectivity index (χ4n) is 2.16. The Morgan fingerprint density at radius 1 is 1.23 bits per heavy atom. The van der Waals surface area contributed by atoms with Gasteiger partial charge in [-0.2, -0.15) is 5.26 Å². The summed E-state index contributed by atoms with van der Waals surface area (Å²) in [6, 6.07) is 2.40. The minimum atomic E-state index is -1.44. The van der Waals surface area contributed by atoms with Crippen molar-refractivity contribution in [3.63, 3.8) is 0 Å². The third kappa shape index (κ3) is 11.7. The van der Waals surface area contributed by atoms with Crippen molar-refractivity contribution >= 4 is 14.9 Å². The number of rotatable bonds is 17. The Kier molecular flexibility index (Phi) is 15.8. The summed E-state index contributed by atoms with van der Waals surface area (Å²) in [5, 5.41) is 20.1. The Morgan fingerprint density at radius 3 is 2.46 bits per heavy atom. The van der Waals surface area contributed by atoms with Crippen LogP contribution >= 0.6 is 8.53 Å². The van der Waals surface area contributed by atoms with E-state index in [1.165, 1.54) is 0 Å². The van der Waals surface area contributed by atoms with E-state index in [4.69, 9.17) is 24.3 Å². The molecule has 0 rings (SSSR count). The first-order chi connectivity index (χ1) is 12.5. The smallest absolute Gasteiger partial charge is 0.259 e. The van der Waals surface area contributed by atoms with E-state index in [9.17, 15) is 4.79 Å². The van der Waals surface area contributed by atoms with E-state index >= 15 is 0 Å². The second kappa shape index (κ2) is 16.3. The first-order valence-electron chi connectivity index (χ1n) is 8.74. The Bertz CT molecular complexity index is 387. The van der Waals surface area contributed by atoms with Crippen LogP contribution in [0.4, 0.5) is 0 Å². The summed E-state index contributed by atoms with van der Waals surface area (Å²) >= 11 is 0. The lowest BCUT2D eigenvalue weighted by atomic mass is 10.3. The zero-order chi connectivity index (χ0) is 19.8. The SMILES string of the molecule is CC(C)N(C(C)C)P(OCCC#N)OC(COO)COCCCNC=O. The Balaban J connectivity index is 4.73. The molecule has 0 saturated heterocycles. The van der Waals surface area contributed by atoms with Crippen molar-refractivity contribution in [1.29, 1.82) is 5.26 Å². The number of hydrogen-bond donors (Lipinski definition) is 2. The summed E-state index contributed by atoms with van der Waals surface area (Å²) in [5.74, 6) is 0. The third-order valence-corrected chi connectivity index (χ3v) is 5.34. The lowest BCUT2D eigenvalue weighted by Crippen LogP contribution is -2.36. The molecule has 0 heterocycles. The number of nitriles is 1. The van der Waals surface area contributed by atoms with E-state index < -0.39 is 14.6 Å². The van der Waals surface area contributed by atoms with E-state index in [1.54, 1.807) is 0 Å². The summed E-state index contributed by atoms with van der Waals surface area (Å²) in [5.41, 5.74) is 0. The van der Waals surface area contributed by atoms with Gasteiger partial charge in [0.2, 0.25) is 6.41 Å². The van der Waals surface area contributed by atoms with Gasteiger partial charge in [-0.15, -0.1) is 0 Å². The van der Waals surface area contributed by atoms with Gasteiger partial charge in [0, 0.05) is 25.2 Å². The maximum absolute atomic E-state index is 10.2. The number of nitrogens with zero attached hydrogens (tertiary/aromatic N) is 2. The summed E-state index contributed by atoms with van der Waals surface area (Å²) in [6.45, 7) is 9.56. The average Bonchev–Trinajstić information content (AvgIpc) is 2.57. The molecule has 2 atom stereocenters. The first kappa shape index (κ1) is 25.1. The second-order valence-electron chi connectivity index (χ2n) is 6.07. The third-order valence-electron chi connectivity index (χ3n) is 3.16. The average molecular weight is 393 g/mol. The molecular formula is C16H32N3O6P. The van der Waals surface area contributed by atoms with Crippen molar-refractivity contribution in [3.05, 3.63) is 0 Å². The van der Waals surface area contributed by atoms with Gasteiger partial charge in [0.1, 0.15) is 12.7 Å². The highest BCUT2D eigenvalue weighted by Gasteiger charge is 2.30. The van der Waals surface area contributed by atoms with Gasteiger partial charge in [0.25, 0.3) is 8.53 Å². The van der Waals surface area contributed by atoms with Crippen molar-refractivity contribution in [2.75, 3.05) is 33.0 Å². The summed E-state index contributed by atoms with van der Waals surface area (Å²) in [6.07, 6.45) is 1.06. The van der Waals surface area contributed by atoms with Gasteiger partial charge in [-0.3, -0.25) is 10.1 Å². The van der Waals surface area contributed by atoms with Crippen LogP contribution in [0, 0.1) is 11.3 Å². The van der Waals surface area contributed by atoms with Crippen LogP contribution in [0.1, 0.15) is 40.5 Å². The van der Waals surface area contributed by atoms with E-state index in [0.29, 0.717) is 26.0 Å². The van der Waals surface area contributed by atoms with E-state index in [-0.39, 0.29) is 38.3 Å². The standard InChI is InChI=1S/C16H32N3O6P/c1-14(2)19(15(3)4)26(24-10-5-7-17)25-16(12-23-21)11-22-9-6-8-18-13-20/h13-16,21H,5-6,8-12H2,1-4H3,(H,18,20). The molecule has 0 bridgehead atoms. The van der Waals surface area contributed by atoms with Gasteiger partial charge < -0.3 is 19.1 Å². The minimum absolute atomic E-state index is 0.0585. The quantitative estimate of drug-likeness (QED) is 0.127. The maximum Gasteiger partial charge on any atom is 0.259 e. The molecule has 9 nitrogen and oxygen atoms in total. The number of ether oxygens (including phenoxy) is 1. The van der Waals surface area contributed by atoms with Gasteiger partial charge in [-0.05, 0) is 34.1 Å². The molecule has 1 amide bonds. The highest BCUT2D eigenvalue weighted by atomic mass is 31.2. The van der Waals surface area contributed by atoms with Crippen LogP contribution in [0.25, 0.3) is 0 Å². The van der Waals surface area contributed by atoms with Crippen LogP contribution in [0.15, 0.2) is 0 Å². The molecule has 0 aromatic rings. The Morgan fingerprint density at radius 2 is 1.92 bits per heavy atom. The molecular weight excluding hydrogens is 361 g/mol. The van der Waals surface area contributed by atoms with Crippen LogP contribution in [-0.2, 0) is 23.5 Å². The first-order valence-corrected chi connectivity index (χ1v) is 9.87. The molecule has 10 heteroatoms. The molecule has 0 saturated carbocycles. The predicted octanol–water partition coefficient (Wildman–Crippen LogP) is 2.29. The molecule has 0 aliphatic rings. The predicted molar refractivity (Wildman–Crippen MR) is 98.2 cm³/mol. The lowest BCUT2D eigenvalue weighted by molar-refractivity contribution is -0.257. The van der Waals surface area contributed by atoms with E-state index in [1.807, 2.05) is 33.8 Å². The zero-order valence-electron chi connectivity index (χ0n) is 16.1. The highest BCUT2D eigenvalue weighted by Crippen LogP contribution is 2.47. The van der Waals surface area contributed by atoms with Crippen molar-refractivity contribution < 1.29 is 28.7 Å². The van der Waals surface area contributed by atoms with E-state index in [2.05, 4.69) is 14.9 Å². The van der Waals surface area contributed by atoms with Crippen molar-refractivity contribution in [2.24, 2.45) is 0 Å². The number of carbonyl (C=O) groups is 1. The summed E-state index contributed by atoms with van der Waals surface area (Å²) < 4.78 is 19.5. The van der Waals surface area contributed by atoms with Gasteiger partial charge in [-0.1, -0.05) is 0 Å². The van der Waals surface area contributed by atoms with Crippen LogP contribution in [-0.4, -0.2) is 67.5 Å². The summed E-state index contributed by atoms with van der Waals surface area (Å²) in [4.78, 5) is 14.4. The fourth-order valence-corrected chi connectivity index (χ4v) is 3.85. The van der Waals surface area contributed by atoms with Gasteiger partial charge in [-0.25, -0.2) is 9.56 Å². The molecule has 0 aromatic heterocycles. The molecule has 2 N–H and O–H groups in total. The normalized spacial score (nSPS) is 13.8. The fraction of sp³-hybridized carbons (Fsp3) is 0.875. The van der Waals surface area contributed by atoms with Crippen LogP contribution in [0.5, 0.6) is 0 Å². The molecule has 152 valence electrons. The van der Waals surface area contributed by atoms with E-state index in [0.717, 1.165) is 0 Å². The Hall–Kier alpha value is -0.850. The van der Waals surface area contributed by atoms with Gasteiger partial charge in [0.05, 0.1) is 25.7 Å². The molecule has 0 spiro atoms. The topological polar surface area (TPSA) is 113 Å². The molecule has 0 radical (unpaired) electrons. The van der Waals surface area contributed by atoms with Crippen LogP contribution in [0.3, 0.4) is 0 Å². The van der Waals surface area contributed by atoms with Crippen LogP contribution in [0.2, 0.25) is 0 Å². The molecule has 26 heavy (non-hydrogen) atoms. The largest absolute Gasteiger partial charge is 0.379 e. The van der Waals surface area contributed by atoms with Gasteiger partial charge >= 0.3 is 0 Å². The number of amides is 1. The highest BCUT2D eigenvalue weighted by molar-refractivity contribution is 7.44. The minimum Gasteiger partial charge on any atom is -0.379 e. The molecule has 2 unspecified atom stereocenters. The molecule has 0 fully saturated rings. The van der Waals surface area contributed by atoms with Crippen molar-refractivity contribution in [2.45, 2.75) is 58.7 Å².